The summed E-state index contributed by atoms with van der Waals surface area (Å²) in [4.78, 5) is 27.5. The lowest BCUT2D eigenvalue weighted by molar-refractivity contribution is -0.140. The summed E-state index contributed by atoms with van der Waals surface area (Å²) in [6.07, 6.45) is 0. The highest BCUT2D eigenvalue weighted by Gasteiger charge is 2.46. The fourth-order valence-corrected chi connectivity index (χ4v) is 3.93. The van der Waals surface area contributed by atoms with Crippen molar-refractivity contribution in [2.75, 3.05) is 34.5 Å². The monoisotopic (exact) mass is 439 g/mol. The minimum absolute atomic E-state index is 0.00815. The van der Waals surface area contributed by atoms with Gasteiger partial charge in [-0.05, 0) is 29.2 Å². The fraction of sp³-hybridized carbons (Fsp3) is 0.360. The Labute approximate surface area is 188 Å². The number of benzene rings is 2. The number of methoxy groups -OCH3 is 3. The Bertz CT molecular complexity index is 1000. The van der Waals surface area contributed by atoms with Crippen LogP contribution >= 0.6 is 0 Å². The molecule has 1 amide bonds. The molecule has 1 unspecified atom stereocenters. The number of ether oxygens (including phenoxy) is 3. The van der Waals surface area contributed by atoms with Gasteiger partial charge in [-0.2, -0.15) is 0 Å². The van der Waals surface area contributed by atoms with E-state index in [1.165, 1.54) is 26.2 Å². The lowest BCUT2D eigenvalue weighted by Gasteiger charge is -2.25. The number of carbonyl (C=O) groups is 2. The molecular formula is C25H29NO6. The van der Waals surface area contributed by atoms with E-state index in [-0.39, 0.29) is 30.0 Å². The third kappa shape index (κ3) is 4.21. The average Bonchev–Trinajstić information content (AvgIpc) is 3.06. The van der Waals surface area contributed by atoms with E-state index in [1.54, 1.807) is 18.2 Å². The highest BCUT2D eigenvalue weighted by molar-refractivity contribution is 6.46. The van der Waals surface area contributed by atoms with E-state index in [0.717, 1.165) is 11.1 Å². The van der Waals surface area contributed by atoms with E-state index in [9.17, 15) is 14.7 Å². The van der Waals surface area contributed by atoms with Crippen LogP contribution in [0.15, 0.2) is 48.0 Å². The summed E-state index contributed by atoms with van der Waals surface area (Å²) in [5.41, 5.74) is 2.08. The number of hydrogen-bond acceptors (Lipinski definition) is 6. The van der Waals surface area contributed by atoms with Crippen LogP contribution in [0.5, 0.6) is 11.5 Å². The summed E-state index contributed by atoms with van der Waals surface area (Å²) in [6.45, 7) is 4.64. The zero-order valence-corrected chi connectivity index (χ0v) is 19.0. The Morgan fingerprint density at radius 3 is 2.09 bits per heavy atom. The van der Waals surface area contributed by atoms with Crippen LogP contribution in [-0.2, 0) is 14.3 Å². The quantitative estimate of drug-likeness (QED) is 0.382. The molecule has 1 saturated heterocycles. The molecule has 1 N–H and O–H groups in total. The molecule has 7 heteroatoms. The van der Waals surface area contributed by atoms with Gasteiger partial charge in [-0.3, -0.25) is 9.59 Å². The molecule has 7 nitrogen and oxygen atoms in total. The second-order valence-electron chi connectivity index (χ2n) is 7.84. The first-order valence-corrected chi connectivity index (χ1v) is 10.4. The molecule has 0 aliphatic carbocycles. The maximum Gasteiger partial charge on any atom is 0.295 e. The van der Waals surface area contributed by atoms with Gasteiger partial charge in [-0.25, -0.2) is 0 Å². The third-order valence-corrected chi connectivity index (χ3v) is 5.66. The first-order valence-electron chi connectivity index (χ1n) is 10.4. The molecule has 1 heterocycles. The minimum atomic E-state index is -0.763. The lowest BCUT2D eigenvalue weighted by Crippen LogP contribution is -2.32. The van der Waals surface area contributed by atoms with Gasteiger partial charge in [-0.15, -0.1) is 0 Å². The largest absolute Gasteiger partial charge is 0.506 e. The molecule has 32 heavy (non-hydrogen) atoms. The molecule has 170 valence electrons. The van der Waals surface area contributed by atoms with Crippen molar-refractivity contribution >= 4 is 17.4 Å². The maximum atomic E-state index is 13.1. The van der Waals surface area contributed by atoms with Gasteiger partial charge in [0.25, 0.3) is 11.7 Å². The zero-order chi connectivity index (χ0) is 23.4. The summed E-state index contributed by atoms with van der Waals surface area (Å²) >= 11 is 0. The number of nitrogens with zero attached hydrogens (tertiary/aromatic N) is 1. The van der Waals surface area contributed by atoms with Crippen molar-refractivity contribution in [1.82, 2.24) is 4.90 Å². The van der Waals surface area contributed by atoms with E-state index in [0.29, 0.717) is 17.4 Å². The van der Waals surface area contributed by atoms with Crippen LogP contribution in [0.3, 0.4) is 0 Å². The Hall–Kier alpha value is -3.32. The molecule has 1 fully saturated rings. The zero-order valence-electron chi connectivity index (χ0n) is 19.0. The standard InChI is InChI=1S/C25H29NO6/c1-15(2)16-9-11-17(12-10-16)22-21(24(28)25(29)26(22)13-14-30-3)23(27)20-18(31-4)7-6-8-19(20)32-5/h6-12,15,22,27H,13-14H2,1-5H3/b23-21+. The molecule has 0 radical (unpaired) electrons. The number of carbonyl (C=O) groups excluding carboxylic acids is 2. The van der Waals surface area contributed by atoms with E-state index in [2.05, 4.69) is 13.8 Å². The van der Waals surface area contributed by atoms with Crippen LogP contribution in [-0.4, -0.2) is 56.2 Å². The number of likely N-dealkylation sites (tertiary alicyclic amines) is 1. The summed E-state index contributed by atoms with van der Waals surface area (Å²) < 4.78 is 16.0. The molecule has 1 aliphatic rings. The second-order valence-corrected chi connectivity index (χ2v) is 7.84. The van der Waals surface area contributed by atoms with Gasteiger partial charge in [0.2, 0.25) is 0 Å². The van der Waals surface area contributed by atoms with Gasteiger partial charge in [0.05, 0.1) is 32.4 Å². The molecule has 1 aliphatic heterocycles. The highest BCUT2D eigenvalue weighted by Crippen LogP contribution is 2.43. The SMILES string of the molecule is COCCN1C(=O)C(=O)/C(=C(/O)c2c(OC)cccc2OC)C1c1ccc(C(C)C)cc1. The number of hydrogen-bond donors (Lipinski definition) is 1. The molecule has 0 saturated carbocycles. The van der Waals surface area contributed by atoms with Crippen molar-refractivity contribution < 1.29 is 28.9 Å². The summed E-state index contributed by atoms with van der Waals surface area (Å²) in [5, 5.41) is 11.3. The molecule has 3 rings (SSSR count). The first kappa shape index (κ1) is 23.3. The molecule has 1 atom stereocenters. The highest BCUT2D eigenvalue weighted by atomic mass is 16.5. The van der Waals surface area contributed by atoms with Crippen molar-refractivity contribution in [2.45, 2.75) is 25.8 Å². The van der Waals surface area contributed by atoms with Crippen molar-refractivity contribution in [3.8, 4) is 11.5 Å². The average molecular weight is 440 g/mol. The molecule has 0 aromatic heterocycles. The van der Waals surface area contributed by atoms with Gasteiger partial charge in [0.15, 0.2) is 0 Å². The Morgan fingerprint density at radius 2 is 1.59 bits per heavy atom. The molecular weight excluding hydrogens is 410 g/mol. The fourth-order valence-electron chi connectivity index (χ4n) is 3.93. The van der Waals surface area contributed by atoms with Gasteiger partial charge in [-0.1, -0.05) is 44.2 Å². The van der Waals surface area contributed by atoms with Crippen LogP contribution in [0.25, 0.3) is 5.76 Å². The Balaban J connectivity index is 2.23. The van der Waals surface area contributed by atoms with Crippen LogP contribution in [0.4, 0.5) is 0 Å². The number of amides is 1. The van der Waals surface area contributed by atoms with Crippen molar-refractivity contribution in [2.24, 2.45) is 0 Å². The van der Waals surface area contributed by atoms with Gasteiger partial charge < -0.3 is 24.2 Å². The summed E-state index contributed by atoms with van der Waals surface area (Å²) in [6, 6.07) is 12.0. The molecule has 0 spiro atoms. The van der Waals surface area contributed by atoms with Crippen molar-refractivity contribution in [1.29, 1.82) is 0 Å². The van der Waals surface area contributed by atoms with Crippen LogP contribution in [0.1, 0.15) is 42.5 Å². The van der Waals surface area contributed by atoms with Crippen molar-refractivity contribution in [3.63, 3.8) is 0 Å². The number of ketones is 1. The first-order chi connectivity index (χ1) is 15.3. The van der Waals surface area contributed by atoms with Crippen LogP contribution in [0, 0.1) is 0 Å². The van der Waals surface area contributed by atoms with E-state index in [4.69, 9.17) is 14.2 Å². The van der Waals surface area contributed by atoms with Crippen molar-refractivity contribution in [3.05, 3.63) is 64.7 Å². The Kier molecular flexibility index (Phi) is 7.20. The molecule has 0 bridgehead atoms. The third-order valence-electron chi connectivity index (χ3n) is 5.66. The lowest BCUT2D eigenvalue weighted by atomic mass is 9.93. The number of aliphatic hydroxyl groups is 1. The van der Waals surface area contributed by atoms with Gasteiger partial charge >= 0.3 is 0 Å². The summed E-state index contributed by atoms with van der Waals surface area (Å²) in [5.74, 6) is -0.783. The molecule has 2 aromatic carbocycles. The topological polar surface area (TPSA) is 85.3 Å². The number of rotatable bonds is 8. The predicted octanol–water partition coefficient (Wildman–Crippen LogP) is 3.90. The normalized spacial score (nSPS) is 17.8. The maximum absolute atomic E-state index is 13.1. The Morgan fingerprint density at radius 1 is 1.00 bits per heavy atom. The summed E-state index contributed by atoms with van der Waals surface area (Å²) in [7, 11) is 4.46. The van der Waals surface area contributed by atoms with Crippen LogP contribution < -0.4 is 9.47 Å². The predicted molar refractivity (Wildman–Crippen MR) is 121 cm³/mol. The van der Waals surface area contributed by atoms with Gasteiger partial charge in [0, 0.05) is 13.7 Å². The van der Waals surface area contributed by atoms with Gasteiger partial charge in [0.1, 0.15) is 22.8 Å². The van der Waals surface area contributed by atoms with Crippen LogP contribution in [0.2, 0.25) is 0 Å². The van der Waals surface area contributed by atoms with E-state index < -0.39 is 17.7 Å². The molecule has 2 aromatic rings. The van der Waals surface area contributed by atoms with E-state index >= 15 is 0 Å². The smallest absolute Gasteiger partial charge is 0.295 e. The number of Topliss-reactive ketones (excluding diaryl/α,β-unsaturated/α-hetero) is 1. The van der Waals surface area contributed by atoms with E-state index in [1.807, 2.05) is 24.3 Å². The minimum Gasteiger partial charge on any atom is -0.506 e. The second kappa shape index (κ2) is 9.87. The number of aliphatic hydroxyl groups excluding tert-OH is 1.